The molecule has 4 rings (SSSR count). The number of urea groups is 1. The van der Waals surface area contributed by atoms with Gasteiger partial charge in [-0.25, -0.2) is 4.79 Å². The lowest BCUT2D eigenvalue weighted by atomic mass is 10.0. The summed E-state index contributed by atoms with van der Waals surface area (Å²) >= 11 is 1.58. The highest BCUT2D eigenvalue weighted by Gasteiger charge is 2.27. The zero-order valence-corrected chi connectivity index (χ0v) is 18.7. The van der Waals surface area contributed by atoms with Crippen molar-refractivity contribution in [3.8, 4) is 0 Å². The summed E-state index contributed by atoms with van der Waals surface area (Å²) in [6, 6.07) is 17.8. The van der Waals surface area contributed by atoms with Crippen molar-refractivity contribution in [1.82, 2.24) is 4.90 Å². The van der Waals surface area contributed by atoms with Crippen molar-refractivity contribution in [2.75, 3.05) is 23.3 Å². The molecule has 2 aromatic carbocycles. The van der Waals surface area contributed by atoms with Gasteiger partial charge in [0.05, 0.1) is 6.42 Å². The number of anilines is 2. The average molecular weight is 434 g/mol. The van der Waals surface area contributed by atoms with E-state index in [0.29, 0.717) is 19.5 Å². The van der Waals surface area contributed by atoms with Crippen LogP contribution in [-0.4, -0.2) is 29.9 Å². The van der Waals surface area contributed by atoms with Gasteiger partial charge in [-0.15, -0.1) is 11.3 Å². The molecule has 3 amide bonds. The fourth-order valence-electron chi connectivity index (χ4n) is 3.85. The Morgan fingerprint density at radius 2 is 1.87 bits per heavy atom. The van der Waals surface area contributed by atoms with Gasteiger partial charge in [0.25, 0.3) is 0 Å². The van der Waals surface area contributed by atoms with Crippen molar-refractivity contribution in [2.24, 2.45) is 0 Å². The number of nitrogens with one attached hydrogen (secondary N) is 1. The van der Waals surface area contributed by atoms with Crippen LogP contribution in [0.2, 0.25) is 0 Å². The third-order valence-corrected chi connectivity index (χ3v) is 6.43. The van der Waals surface area contributed by atoms with Gasteiger partial charge in [0.15, 0.2) is 0 Å². The first-order chi connectivity index (χ1) is 15.0. The molecule has 1 N–H and O–H groups in total. The van der Waals surface area contributed by atoms with E-state index in [4.69, 9.17) is 0 Å². The summed E-state index contributed by atoms with van der Waals surface area (Å²) in [6.45, 7) is 6.26. The Hall–Kier alpha value is -3.12. The van der Waals surface area contributed by atoms with E-state index in [1.54, 1.807) is 11.3 Å². The second-order valence-electron chi connectivity index (χ2n) is 7.99. The molecule has 2 heterocycles. The van der Waals surface area contributed by atoms with Crippen LogP contribution in [0.3, 0.4) is 0 Å². The Morgan fingerprint density at radius 1 is 1.06 bits per heavy atom. The minimum atomic E-state index is -0.0380. The summed E-state index contributed by atoms with van der Waals surface area (Å²) < 4.78 is 0. The van der Waals surface area contributed by atoms with Gasteiger partial charge >= 0.3 is 6.03 Å². The van der Waals surface area contributed by atoms with E-state index in [0.717, 1.165) is 29.2 Å². The molecule has 6 heteroatoms. The molecule has 1 saturated heterocycles. The van der Waals surface area contributed by atoms with Gasteiger partial charge in [0, 0.05) is 35.9 Å². The molecule has 31 heavy (non-hydrogen) atoms. The second-order valence-corrected chi connectivity index (χ2v) is 9.02. The first kappa shape index (κ1) is 21.1. The number of aryl methyl sites for hydroxylation is 2. The molecule has 0 atom stereocenters. The number of rotatable bonds is 6. The standard InChI is InChI=1S/C25H27N3O2S/c1-18-6-7-19(2)20(15-18)17-27-12-4-13-28(25(27)30)22-10-8-21(9-11-22)26-24(29)16-23-5-3-14-31-23/h3,5-11,14-15H,4,12-13,16-17H2,1-2H3,(H,26,29). The van der Waals surface area contributed by atoms with Crippen LogP contribution in [0.25, 0.3) is 0 Å². The Balaban J connectivity index is 1.41. The third-order valence-electron chi connectivity index (χ3n) is 5.55. The Kier molecular flexibility index (Phi) is 6.37. The number of nitrogens with zero attached hydrogens (tertiary/aromatic N) is 2. The molecular formula is C25H27N3O2S. The third kappa shape index (κ3) is 5.14. The maximum atomic E-state index is 13.2. The topological polar surface area (TPSA) is 52.6 Å². The lowest BCUT2D eigenvalue weighted by Crippen LogP contribution is -2.49. The first-order valence-electron chi connectivity index (χ1n) is 10.5. The quantitative estimate of drug-likeness (QED) is 0.568. The normalized spacial score (nSPS) is 14.1. The lowest BCUT2D eigenvalue weighted by molar-refractivity contribution is -0.115. The molecule has 5 nitrogen and oxygen atoms in total. The predicted octanol–water partition coefficient (Wildman–Crippen LogP) is 5.38. The van der Waals surface area contributed by atoms with Gasteiger partial charge < -0.3 is 10.2 Å². The fraction of sp³-hybridized carbons (Fsp3) is 0.280. The van der Waals surface area contributed by atoms with Crippen LogP contribution in [0, 0.1) is 13.8 Å². The average Bonchev–Trinajstić information content (AvgIpc) is 3.26. The summed E-state index contributed by atoms with van der Waals surface area (Å²) in [5, 5.41) is 4.90. The van der Waals surface area contributed by atoms with E-state index < -0.39 is 0 Å². The van der Waals surface area contributed by atoms with Crippen LogP contribution in [-0.2, 0) is 17.8 Å². The van der Waals surface area contributed by atoms with Gasteiger partial charge in [-0.1, -0.05) is 29.8 Å². The summed E-state index contributed by atoms with van der Waals surface area (Å²) in [5.41, 5.74) is 5.20. The molecule has 1 aliphatic heterocycles. The highest BCUT2D eigenvalue weighted by Crippen LogP contribution is 2.24. The summed E-state index contributed by atoms with van der Waals surface area (Å²) in [7, 11) is 0. The van der Waals surface area contributed by atoms with Gasteiger partial charge in [-0.3, -0.25) is 9.69 Å². The minimum absolute atomic E-state index is 0.0293. The summed E-state index contributed by atoms with van der Waals surface area (Å²) in [4.78, 5) is 30.1. The van der Waals surface area contributed by atoms with E-state index in [1.807, 2.05) is 51.6 Å². The number of amides is 3. The Bertz CT molecular complexity index is 1060. The molecule has 3 aromatic rings. The van der Waals surface area contributed by atoms with Crippen molar-refractivity contribution in [3.05, 3.63) is 81.5 Å². The summed E-state index contributed by atoms with van der Waals surface area (Å²) in [5.74, 6) is -0.0380. The van der Waals surface area contributed by atoms with Crippen LogP contribution in [0.1, 0.15) is 28.0 Å². The van der Waals surface area contributed by atoms with Gasteiger partial charge in [0.2, 0.25) is 5.91 Å². The Morgan fingerprint density at radius 3 is 2.61 bits per heavy atom. The number of benzene rings is 2. The predicted molar refractivity (Wildman–Crippen MR) is 127 cm³/mol. The van der Waals surface area contributed by atoms with Crippen LogP contribution in [0.5, 0.6) is 0 Å². The Labute approximate surface area is 187 Å². The number of carbonyl (C=O) groups excluding carboxylic acids is 2. The molecule has 0 radical (unpaired) electrons. The molecule has 0 spiro atoms. The van der Waals surface area contributed by atoms with Gasteiger partial charge in [-0.2, -0.15) is 0 Å². The van der Waals surface area contributed by atoms with Gasteiger partial charge in [0.1, 0.15) is 0 Å². The van der Waals surface area contributed by atoms with E-state index in [9.17, 15) is 9.59 Å². The highest BCUT2D eigenvalue weighted by molar-refractivity contribution is 7.10. The monoisotopic (exact) mass is 433 g/mol. The SMILES string of the molecule is Cc1ccc(C)c(CN2CCCN(c3ccc(NC(=O)Cc4cccs4)cc3)C2=O)c1. The minimum Gasteiger partial charge on any atom is -0.326 e. The van der Waals surface area contributed by atoms with Crippen LogP contribution < -0.4 is 10.2 Å². The zero-order chi connectivity index (χ0) is 21.8. The van der Waals surface area contributed by atoms with E-state index in [1.165, 1.54) is 16.7 Å². The van der Waals surface area contributed by atoms with Crippen molar-refractivity contribution in [1.29, 1.82) is 0 Å². The first-order valence-corrected chi connectivity index (χ1v) is 11.4. The maximum Gasteiger partial charge on any atom is 0.324 e. The van der Waals surface area contributed by atoms with Crippen molar-refractivity contribution in [3.63, 3.8) is 0 Å². The highest BCUT2D eigenvalue weighted by atomic mass is 32.1. The molecular weight excluding hydrogens is 406 g/mol. The van der Waals surface area contributed by atoms with Crippen molar-refractivity contribution < 1.29 is 9.59 Å². The molecule has 0 unspecified atom stereocenters. The van der Waals surface area contributed by atoms with Crippen LogP contribution in [0.4, 0.5) is 16.2 Å². The fourth-order valence-corrected chi connectivity index (χ4v) is 4.55. The zero-order valence-electron chi connectivity index (χ0n) is 17.9. The smallest absolute Gasteiger partial charge is 0.324 e. The number of carbonyl (C=O) groups is 2. The van der Waals surface area contributed by atoms with Crippen LogP contribution >= 0.6 is 11.3 Å². The molecule has 160 valence electrons. The van der Waals surface area contributed by atoms with Crippen molar-refractivity contribution >= 4 is 34.6 Å². The van der Waals surface area contributed by atoms with E-state index in [-0.39, 0.29) is 11.9 Å². The largest absolute Gasteiger partial charge is 0.326 e. The molecule has 1 aromatic heterocycles. The molecule has 1 fully saturated rings. The second kappa shape index (κ2) is 9.35. The molecule has 1 aliphatic rings. The van der Waals surface area contributed by atoms with Crippen molar-refractivity contribution in [2.45, 2.75) is 33.2 Å². The lowest BCUT2D eigenvalue weighted by Gasteiger charge is -2.36. The maximum absolute atomic E-state index is 13.2. The number of hydrogen-bond acceptors (Lipinski definition) is 3. The molecule has 0 aliphatic carbocycles. The molecule has 0 saturated carbocycles. The van der Waals surface area contributed by atoms with Crippen LogP contribution in [0.15, 0.2) is 60.0 Å². The number of thiophene rings is 1. The summed E-state index contributed by atoms with van der Waals surface area (Å²) in [6.07, 6.45) is 1.30. The van der Waals surface area contributed by atoms with Gasteiger partial charge in [-0.05, 0) is 67.1 Å². The van der Waals surface area contributed by atoms with E-state index in [2.05, 4.69) is 37.4 Å². The van der Waals surface area contributed by atoms with E-state index >= 15 is 0 Å². The number of hydrogen-bond donors (Lipinski definition) is 1. The molecule has 0 bridgehead atoms.